The van der Waals surface area contributed by atoms with E-state index in [1.807, 2.05) is 18.2 Å². The van der Waals surface area contributed by atoms with E-state index in [-0.39, 0.29) is 17.5 Å². The first-order valence-electron chi connectivity index (χ1n) is 5.32. The average molecular weight is 282 g/mol. The molecule has 1 aliphatic carbocycles. The molecule has 0 spiro atoms. The molecule has 1 aliphatic heterocycles. The van der Waals surface area contributed by atoms with Gasteiger partial charge in [0.2, 0.25) is 5.91 Å². The van der Waals surface area contributed by atoms with Crippen molar-refractivity contribution in [3.8, 4) is 0 Å². The highest BCUT2D eigenvalue weighted by Crippen LogP contribution is 2.58. The van der Waals surface area contributed by atoms with Crippen molar-refractivity contribution in [2.75, 3.05) is 0 Å². The van der Waals surface area contributed by atoms with Crippen LogP contribution in [0.5, 0.6) is 0 Å². The van der Waals surface area contributed by atoms with Crippen molar-refractivity contribution in [3.63, 3.8) is 0 Å². The van der Waals surface area contributed by atoms with Crippen LogP contribution in [0.15, 0.2) is 22.8 Å². The Morgan fingerprint density at radius 1 is 1.62 bits per heavy atom. The van der Waals surface area contributed by atoms with E-state index in [4.69, 9.17) is 5.73 Å². The molecule has 2 heterocycles. The molecule has 1 saturated heterocycles. The lowest BCUT2D eigenvalue weighted by Crippen LogP contribution is -2.42. The predicted octanol–water partition coefficient (Wildman–Crippen LogP) is 0.906. The molecular formula is C11H12BrN3O. The van der Waals surface area contributed by atoms with E-state index in [2.05, 4.69) is 26.2 Å². The maximum absolute atomic E-state index is 11.1. The summed E-state index contributed by atoms with van der Waals surface area (Å²) in [6.07, 6.45) is 1.89. The highest BCUT2D eigenvalue weighted by molar-refractivity contribution is 9.10. The number of rotatable bonds is 2. The summed E-state index contributed by atoms with van der Waals surface area (Å²) in [6.45, 7) is 0. The van der Waals surface area contributed by atoms with Gasteiger partial charge >= 0.3 is 0 Å². The summed E-state index contributed by atoms with van der Waals surface area (Å²) in [5, 5.41) is 3.33. The molecule has 5 heteroatoms. The number of nitrogens with zero attached hydrogens (tertiary/aromatic N) is 1. The van der Waals surface area contributed by atoms with Crippen molar-refractivity contribution < 1.29 is 4.79 Å². The first-order valence-corrected chi connectivity index (χ1v) is 6.11. The van der Waals surface area contributed by atoms with Crippen LogP contribution in [-0.2, 0) is 10.3 Å². The highest BCUT2D eigenvalue weighted by Gasteiger charge is 2.63. The largest absolute Gasteiger partial charge is 0.368 e. The molecule has 0 unspecified atom stereocenters. The molecule has 16 heavy (non-hydrogen) atoms. The number of hydrogen-bond donors (Lipinski definition) is 2. The number of amides is 1. The monoisotopic (exact) mass is 281 g/mol. The second-order valence-corrected chi connectivity index (χ2v) is 5.37. The van der Waals surface area contributed by atoms with E-state index in [9.17, 15) is 4.79 Å². The summed E-state index contributed by atoms with van der Waals surface area (Å²) < 4.78 is 0.828. The minimum atomic E-state index is -0.262. The molecule has 4 nitrogen and oxygen atoms in total. The zero-order valence-corrected chi connectivity index (χ0v) is 10.2. The molecule has 3 rings (SSSR count). The number of primary amides is 1. The third-order valence-electron chi connectivity index (χ3n) is 3.57. The molecule has 1 saturated carbocycles. The van der Waals surface area contributed by atoms with E-state index in [1.165, 1.54) is 0 Å². The molecule has 0 aromatic carbocycles. The number of halogens is 1. The van der Waals surface area contributed by atoms with Crippen molar-refractivity contribution in [2.45, 2.75) is 24.4 Å². The number of aromatic nitrogens is 1. The van der Waals surface area contributed by atoms with Crippen LogP contribution in [0.1, 0.15) is 18.5 Å². The maximum Gasteiger partial charge on any atom is 0.234 e. The zero-order valence-electron chi connectivity index (χ0n) is 8.61. The summed E-state index contributed by atoms with van der Waals surface area (Å²) in [5.41, 5.74) is 6.23. The van der Waals surface area contributed by atoms with Gasteiger partial charge in [-0.05, 0) is 46.8 Å². The molecule has 1 aromatic rings. The van der Waals surface area contributed by atoms with Crippen LogP contribution < -0.4 is 11.1 Å². The minimum Gasteiger partial charge on any atom is -0.368 e. The second kappa shape index (κ2) is 3.28. The van der Waals surface area contributed by atoms with Crippen molar-refractivity contribution >= 4 is 21.8 Å². The quantitative estimate of drug-likeness (QED) is 0.792. The van der Waals surface area contributed by atoms with E-state index in [0.29, 0.717) is 5.92 Å². The number of nitrogens with one attached hydrogen (secondary N) is 1. The molecule has 84 valence electrons. The van der Waals surface area contributed by atoms with Crippen LogP contribution in [0, 0.1) is 5.92 Å². The van der Waals surface area contributed by atoms with E-state index in [1.54, 1.807) is 0 Å². The van der Waals surface area contributed by atoms with Crippen LogP contribution in [-0.4, -0.2) is 16.9 Å². The fourth-order valence-electron chi connectivity index (χ4n) is 2.68. The van der Waals surface area contributed by atoms with Gasteiger partial charge in [-0.15, -0.1) is 0 Å². The fourth-order valence-corrected chi connectivity index (χ4v) is 3.02. The first kappa shape index (κ1) is 10.2. The number of carbonyl (C=O) groups is 1. The highest BCUT2D eigenvalue weighted by atomic mass is 79.9. The standard InChI is InChI=1S/C11H12BrN3O/c12-9-3-1-2-8(14-9)11-5-6(11)4-7(15-11)10(13)16/h1-3,6-7,15H,4-5H2,(H2,13,16)/t6-,7+,11-/m1/s1. The Hall–Kier alpha value is -0.940. The summed E-state index contributed by atoms with van der Waals surface area (Å²) in [5.74, 6) is 0.244. The van der Waals surface area contributed by atoms with Crippen molar-refractivity contribution in [1.82, 2.24) is 10.3 Å². The van der Waals surface area contributed by atoms with Gasteiger partial charge in [0.1, 0.15) is 4.60 Å². The number of pyridine rings is 1. The van der Waals surface area contributed by atoms with Gasteiger partial charge in [0, 0.05) is 0 Å². The van der Waals surface area contributed by atoms with Crippen LogP contribution in [0.2, 0.25) is 0 Å². The van der Waals surface area contributed by atoms with Gasteiger partial charge < -0.3 is 5.73 Å². The smallest absolute Gasteiger partial charge is 0.234 e. The van der Waals surface area contributed by atoms with Crippen LogP contribution in [0.4, 0.5) is 0 Å². The van der Waals surface area contributed by atoms with Crippen LogP contribution in [0.3, 0.4) is 0 Å². The molecule has 0 radical (unpaired) electrons. The summed E-state index contributed by atoms with van der Waals surface area (Å²) in [6, 6.07) is 5.68. The third kappa shape index (κ3) is 1.38. The van der Waals surface area contributed by atoms with Crippen molar-refractivity contribution in [3.05, 3.63) is 28.5 Å². The topological polar surface area (TPSA) is 68.0 Å². The van der Waals surface area contributed by atoms with E-state index < -0.39 is 0 Å². The number of hydrogen-bond acceptors (Lipinski definition) is 3. The summed E-state index contributed by atoms with van der Waals surface area (Å²) in [4.78, 5) is 15.6. The van der Waals surface area contributed by atoms with Gasteiger partial charge in [-0.1, -0.05) is 6.07 Å². The third-order valence-corrected chi connectivity index (χ3v) is 4.01. The van der Waals surface area contributed by atoms with Gasteiger partial charge in [-0.25, -0.2) is 4.98 Å². The molecule has 2 fully saturated rings. The molecule has 3 atom stereocenters. The van der Waals surface area contributed by atoms with E-state index >= 15 is 0 Å². The molecule has 1 amide bonds. The lowest BCUT2D eigenvalue weighted by atomic mass is 10.1. The second-order valence-electron chi connectivity index (χ2n) is 4.55. The van der Waals surface area contributed by atoms with Gasteiger partial charge in [0.05, 0.1) is 17.3 Å². The average Bonchev–Trinajstić information content (AvgIpc) is 2.82. The lowest BCUT2D eigenvalue weighted by molar-refractivity contribution is -0.120. The summed E-state index contributed by atoms with van der Waals surface area (Å²) in [7, 11) is 0. The first-order chi connectivity index (χ1) is 7.62. The SMILES string of the molecule is NC(=O)[C@@H]1C[C@@H]2C[C@@]2(c2cccc(Br)n2)N1. The Bertz CT molecular complexity index is 464. The van der Waals surface area contributed by atoms with Crippen LogP contribution in [0.25, 0.3) is 0 Å². The van der Waals surface area contributed by atoms with Gasteiger partial charge in [0.15, 0.2) is 0 Å². The van der Waals surface area contributed by atoms with Gasteiger partial charge in [-0.3, -0.25) is 10.1 Å². The van der Waals surface area contributed by atoms with E-state index in [0.717, 1.165) is 23.1 Å². The Kier molecular flexibility index (Phi) is 2.09. The van der Waals surface area contributed by atoms with Crippen molar-refractivity contribution in [2.24, 2.45) is 11.7 Å². The zero-order chi connectivity index (χ0) is 11.3. The number of carbonyl (C=O) groups excluding carboxylic acids is 1. The molecule has 0 bridgehead atoms. The molecule has 3 N–H and O–H groups in total. The molecule has 2 aliphatic rings. The van der Waals surface area contributed by atoms with Crippen LogP contribution >= 0.6 is 15.9 Å². The maximum atomic E-state index is 11.1. The number of piperidine rings is 1. The normalized spacial score (nSPS) is 35.8. The van der Waals surface area contributed by atoms with Crippen molar-refractivity contribution in [1.29, 1.82) is 0 Å². The van der Waals surface area contributed by atoms with Gasteiger partial charge in [-0.2, -0.15) is 0 Å². The Morgan fingerprint density at radius 2 is 2.44 bits per heavy atom. The Labute approximate surface area is 102 Å². The predicted molar refractivity (Wildman–Crippen MR) is 62.5 cm³/mol. The fraction of sp³-hybridized carbons (Fsp3) is 0.455. The Morgan fingerprint density at radius 3 is 3.06 bits per heavy atom. The number of fused-ring (bicyclic) bond motifs is 1. The molecule has 1 aromatic heterocycles. The lowest BCUT2D eigenvalue weighted by Gasteiger charge is -2.16. The Balaban J connectivity index is 1.90. The minimum absolute atomic E-state index is 0.0938. The van der Waals surface area contributed by atoms with Gasteiger partial charge in [0.25, 0.3) is 0 Å². The molecular weight excluding hydrogens is 270 g/mol. The summed E-state index contributed by atoms with van der Waals surface area (Å²) >= 11 is 3.37. The number of nitrogens with two attached hydrogens (primary N) is 1.